The topological polar surface area (TPSA) is 71.7 Å². The molecule has 0 aliphatic heterocycles. The molecule has 0 bridgehead atoms. The van der Waals surface area contributed by atoms with Crippen molar-refractivity contribution in [3.63, 3.8) is 0 Å². The second-order valence-electron chi connectivity index (χ2n) is 2.72. The highest BCUT2D eigenvalue weighted by atomic mass is 16.4. The second kappa shape index (κ2) is 2.95. The summed E-state index contributed by atoms with van der Waals surface area (Å²) in [6.07, 6.45) is 3.10. The highest BCUT2D eigenvalue weighted by Crippen LogP contribution is 2.09. The van der Waals surface area contributed by atoms with Crippen molar-refractivity contribution in [3.05, 3.63) is 36.4 Å². The minimum Gasteiger partial charge on any atom is -0.475 e. The molecule has 0 aliphatic rings. The van der Waals surface area contributed by atoms with Gasteiger partial charge in [0.2, 0.25) is 0 Å². The average Bonchev–Trinajstić information content (AvgIpc) is 2.60. The number of carbonyl (C=O) groups excluding carboxylic acids is 1. The van der Waals surface area contributed by atoms with E-state index in [1.165, 1.54) is 6.33 Å². The van der Waals surface area contributed by atoms with Crippen LogP contribution in [0.4, 0.5) is 0 Å². The van der Waals surface area contributed by atoms with Gasteiger partial charge in [-0.3, -0.25) is 4.79 Å². The fourth-order valence-corrected chi connectivity index (χ4v) is 1.22. The molecule has 2 rings (SSSR count). The Hall–Kier alpha value is -2.17. The molecule has 5 nitrogen and oxygen atoms in total. The van der Waals surface area contributed by atoms with Crippen LogP contribution in [0.3, 0.4) is 0 Å². The van der Waals surface area contributed by atoms with Crippen molar-refractivity contribution in [2.24, 2.45) is 0 Å². The summed E-state index contributed by atoms with van der Waals surface area (Å²) in [4.78, 5) is 25.3. The van der Waals surface area contributed by atoms with Gasteiger partial charge in [-0.25, -0.2) is 9.78 Å². The smallest absolute Gasteiger partial charge is 0.379 e. The predicted molar refractivity (Wildman–Crippen MR) is 47.2 cm³/mol. The van der Waals surface area contributed by atoms with E-state index in [4.69, 9.17) is 5.11 Å². The summed E-state index contributed by atoms with van der Waals surface area (Å²) in [6, 6.07) is 5.13. The molecule has 70 valence electrons. The molecule has 0 aliphatic carbocycles. The van der Waals surface area contributed by atoms with E-state index in [-0.39, 0.29) is 5.69 Å². The Morgan fingerprint density at radius 1 is 1.36 bits per heavy atom. The number of carbonyl (C=O) groups is 2. The van der Waals surface area contributed by atoms with Gasteiger partial charge in [0.1, 0.15) is 12.0 Å². The van der Waals surface area contributed by atoms with E-state index in [1.807, 2.05) is 0 Å². The first-order chi connectivity index (χ1) is 6.70. The minimum absolute atomic E-state index is 0.0295. The van der Waals surface area contributed by atoms with Gasteiger partial charge in [-0.2, -0.15) is 0 Å². The van der Waals surface area contributed by atoms with Gasteiger partial charge in [0.25, 0.3) is 5.78 Å². The Balaban J connectivity index is 2.64. The van der Waals surface area contributed by atoms with Crippen molar-refractivity contribution in [2.45, 2.75) is 0 Å². The van der Waals surface area contributed by atoms with Crippen LogP contribution in [-0.4, -0.2) is 26.2 Å². The van der Waals surface area contributed by atoms with Crippen molar-refractivity contribution in [1.29, 1.82) is 0 Å². The number of Topliss-reactive ketones (excluding diaryl/α,β-unsaturated/α-hetero) is 1. The molecule has 0 saturated carbocycles. The largest absolute Gasteiger partial charge is 0.475 e. The van der Waals surface area contributed by atoms with Crippen molar-refractivity contribution in [3.8, 4) is 0 Å². The third-order valence-corrected chi connectivity index (χ3v) is 1.85. The zero-order valence-electron chi connectivity index (χ0n) is 7.04. The number of nitrogens with zero attached hydrogens (tertiary/aromatic N) is 2. The van der Waals surface area contributed by atoms with Crippen LogP contribution in [0.25, 0.3) is 5.52 Å². The molecule has 2 aromatic rings. The Labute approximate surface area is 78.6 Å². The van der Waals surface area contributed by atoms with E-state index in [9.17, 15) is 9.59 Å². The number of hydrogen-bond acceptors (Lipinski definition) is 3. The maximum Gasteiger partial charge on any atom is 0.379 e. The van der Waals surface area contributed by atoms with Crippen LogP contribution in [-0.2, 0) is 4.79 Å². The maximum absolute atomic E-state index is 11.1. The fourth-order valence-electron chi connectivity index (χ4n) is 1.22. The summed E-state index contributed by atoms with van der Waals surface area (Å²) in [5, 5.41) is 8.51. The molecule has 0 radical (unpaired) electrons. The van der Waals surface area contributed by atoms with Crippen LogP contribution < -0.4 is 0 Å². The van der Waals surface area contributed by atoms with E-state index >= 15 is 0 Å². The Morgan fingerprint density at radius 3 is 2.86 bits per heavy atom. The van der Waals surface area contributed by atoms with Crippen molar-refractivity contribution in [1.82, 2.24) is 9.38 Å². The van der Waals surface area contributed by atoms with E-state index < -0.39 is 11.8 Å². The number of carboxylic acids is 1. The number of imidazole rings is 1. The lowest BCUT2D eigenvalue weighted by molar-refractivity contribution is -0.131. The van der Waals surface area contributed by atoms with Crippen LogP contribution in [0.2, 0.25) is 0 Å². The summed E-state index contributed by atoms with van der Waals surface area (Å²) < 4.78 is 1.59. The number of pyridine rings is 1. The van der Waals surface area contributed by atoms with Crippen LogP contribution in [0.1, 0.15) is 10.5 Å². The van der Waals surface area contributed by atoms with Gasteiger partial charge >= 0.3 is 5.97 Å². The van der Waals surface area contributed by atoms with E-state index in [1.54, 1.807) is 28.8 Å². The van der Waals surface area contributed by atoms with E-state index in [0.717, 1.165) is 0 Å². The molecule has 0 saturated heterocycles. The van der Waals surface area contributed by atoms with Crippen molar-refractivity contribution < 1.29 is 14.7 Å². The predicted octanol–water partition coefficient (Wildman–Crippen LogP) is 0.602. The first-order valence-corrected chi connectivity index (χ1v) is 3.89. The van der Waals surface area contributed by atoms with Crippen LogP contribution in [0, 0.1) is 0 Å². The number of fused-ring (bicyclic) bond motifs is 1. The molecule has 2 aromatic heterocycles. The molecule has 0 fully saturated rings. The molecule has 0 aromatic carbocycles. The Bertz CT molecular complexity index is 516. The van der Waals surface area contributed by atoms with Gasteiger partial charge in [-0.05, 0) is 12.1 Å². The van der Waals surface area contributed by atoms with Gasteiger partial charge in [0.05, 0.1) is 5.52 Å². The summed E-state index contributed by atoms with van der Waals surface area (Å²) in [7, 11) is 0. The Kier molecular flexibility index (Phi) is 1.78. The number of carboxylic acid groups (broad SMARTS) is 1. The van der Waals surface area contributed by atoms with Gasteiger partial charge in [-0.15, -0.1) is 0 Å². The highest BCUT2D eigenvalue weighted by Gasteiger charge is 2.19. The number of ketones is 1. The number of aliphatic carboxylic acids is 1. The molecular weight excluding hydrogens is 184 g/mol. The summed E-state index contributed by atoms with van der Waals surface area (Å²) in [5.41, 5.74) is 0.470. The van der Waals surface area contributed by atoms with Crippen molar-refractivity contribution >= 4 is 17.3 Å². The third kappa shape index (κ3) is 1.15. The summed E-state index contributed by atoms with van der Waals surface area (Å²) >= 11 is 0. The standard InChI is InChI=1S/C9H6N2O3/c12-8(9(13)14)7-6-3-1-2-4-11(6)5-10-7/h1-5H,(H,13,14). The lowest BCUT2D eigenvalue weighted by Gasteiger charge is -1.92. The molecule has 14 heavy (non-hydrogen) atoms. The molecule has 5 heteroatoms. The minimum atomic E-state index is -1.49. The lowest BCUT2D eigenvalue weighted by Crippen LogP contribution is -2.13. The highest BCUT2D eigenvalue weighted by molar-refractivity contribution is 6.40. The van der Waals surface area contributed by atoms with Gasteiger partial charge < -0.3 is 9.51 Å². The van der Waals surface area contributed by atoms with Crippen molar-refractivity contribution in [2.75, 3.05) is 0 Å². The van der Waals surface area contributed by atoms with Crippen LogP contribution in [0.5, 0.6) is 0 Å². The zero-order valence-corrected chi connectivity index (χ0v) is 7.04. The number of aromatic nitrogens is 2. The molecule has 0 spiro atoms. The zero-order chi connectivity index (χ0) is 10.1. The summed E-state index contributed by atoms with van der Waals surface area (Å²) in [6.45, 7) is 0. The molecule has 1 N–H and O–H groups in total. The SMILES string of the molecule is O=C(O)C(=O)c1ncn2ccccc12. The normalized spacial score (nSPS) is 10.3. The van der Waals surface area contributed by atoms with Gasteiger partial charge in [0, 0.05) is 6.20 Å². The molecule has 2 heterocycles. The molecule has 0 amide bonds. The first kappa shape index (κ1) is 8.43. The van der Waals surface area contributed by atoms with Gasteiger partial charge in [-0.1, -0.05) is 6.07 Å². The summed E-state index contributed by atoms with van der Waals surface area (Å²) in [5.74, 6) is -2.48. The third-order valence-electron chi connectivity index (χ3n) is 1.85. The molecule has 0 atom stereocenters. The second-order valence-corrected chi connectivity index (χ2v) is 2.72. The monoisotopic (exact) mass is 190 g/mol. The lowest BCUT2D eigenvalue weighted by atomic mass is 10.2. The van der Waals surface area contributed by atoms with Crippen LogP contribution >= 0.6 is 0 Å². The maximum atomic E-state index is 11.1. The average molecular weight is 190 g/mol. The van der Waals surface area contributed by atoms with Gasteiger partial charge in [0.15, 0.2) is 0 Å². The number of hydrogen-bond donors (Lipinski definition) is 1. The van der Waals surface area contributed by atoms with E-state index in [0.29, 0.717) is 5.52 Å². The first-order valence-electron chi connectivity index (χ1n) is 3.89. The molecular formula is C9H6N2O3. The van der Waals surface area contributed by atoms with Crippen LogP contribution in [0.15, 0.2) is 30.7 Å². The number of rotatable bonds is 2. The fraction of sp³-hybridized carbons (Fsp3) is 0. The Morgan fingerprint density at radius 2 is 2.14 bits per heavy atom. The molecule has 0 unspecified atom stereocenters. The van der Waals surface area contributed by atoms with E-state index in [2.05, 4.69) is 4.98 Å². The quantitative estimate of drug-likeness (QED) is 0.556.